The van der Waals surface area contributed by atoms with Crippen LogP contribution in [0.25, 0.3) is 11.0 Å². The zero-order valence-corrected chi connectivity index (χ0v) is 17.1. The van der Waals surface area contributed by atoms with Crippen LogP contribution in [0, 0.1) is 0 Å². The standard InChI is InChI=1S/C21H27N7O2/c29-19(15-28-21(30)27-12-5-1-2-9-18(27)24-28)25-10-6-11-26(14-13-25)20-22-16-7-3-4-8-17(16)23-20/h3-4,7-8H,1-2,5-6,9-15H2,(H,22,23). The van der Waals surface area contributed by atoms with Crippen molar-refractivity contribution in [3.8, 4) is 0 Å². The molecule has 9 heteroatoms. The van der Waals surface area contributed by atoms with Crippen LogP contribution in [0.5, 0.6) is 0 Å². The van der Waals surface area contributed by atoms with Crippen molar-refractivity contribution >= 4 is 22.9 Å². The molecule has 0 atom stereocenters. The minimum Gasteiger partial charge on any atom is -0.341 e. The van der Waals surface area contributed by atoms with E-state index in [4.69, 9.17) is 0 Å². The van der Waals surface area contributed by atoms with Gasteiger partial charge in [-0.05, 0) is 31.4 Å². The molecule has 1 aromatic carbocycles. The van der Waals surface area contributed by atoms with Crippen molar-refractivity contribution in [1.82, 2.24) is 29.2 Å². The Balaban J connectivity index is 1.26. The largest absolute Gasteiger partial charge is 0.346 e. The summed E-state index contributed by atoms with van der Waals surface area (Å²) >= 11 is 0. The fourth-order valence-electron chi connectivity index (χ4n) is 4.42. The van der Waals surface area contributed by atoms with E-state index in [0.29, 0.717) is 26.2 Å². The fraction of sp³-hybridized carbons (Fsp3) is 0.524. The number of nitrogens with zero attached hydrogens (tertiary/aromatic N) is 6. The van der Waals surface area contributed by atoms with E-state index in [-0.39, 0.29) is 18.1 Å². The predicted molar refractivity (Wildman–Crippen MR) is 114 cm³/mol. The summed E-state index contributed by atoms with van der Waals surface area (Å²) in [5.41, 5.74) is 1.81. The number of para-hydroxylation sites is 2. The number of hydrogen-bond donors (Lipinski definition) is 1. The second-order valence-corrected chi connectivity index (χ2v) is 8.12. The summed E-state index contributed by atoms with van der Waals surface area (Å²) in [4.78, 5) is 37.7. The lowest BCUT2D eigenvalue weighted by molar-refractivity contribution is -0.131. The lowest BCUT2D eigenvalue weighted by atomic mass is 10.2. The molecule has 158 valence electrons. The van der Waals surface area contributed by atoms with Crippen LogP contribution in [0.15, 0.2) is 29.1 Å². The molecule has 2 aliphatic heterocycles. The third-order valence-corrected chi connectivity index (χ3v) is 6.09. The number of hydrogen-bond acceptors (Lipinski definition) is 5. The number of aryl methyl sites for hydroxylation is 1. The van der Waals surface area contributed by atoms with E-state index in [2.05, 4.69) is 20.0 Å². The Morgan fingerprint density at radius 1 is 1.00 bits per heavy atom. The minimum atomic E-state index is -0.154. The minimum absolute atomic E-state index is 0.0173. The van der Waals surface area contributed by atoms with E-state index in [1.807, 2.05) is 29.2 Å². The molecule has 9 nitrogen and oxygen atoms in total. The number of aromatic nitrogens is 5. The van der Waals surface area contributed by atoms with Crippen LogP contribution in [0.3, 0.4) is 0 Å². The molecule has 1 fully saturated rings. The van der Waals surface area contributed by atoms with Crippen LogP contribution >= 0.6 is 0 Å². The van der Waals surface area contributed by atoms with Crippen molar-refractivity contribution in [3.05, 3.63) is 40.6 Å². The number of imidazole rings is 1. The van der Waals surface area contributed by atoms with Gasteiger partial charge in [0.1, 0.15) is 12.4 Å². The monoisotopic (exact) mass is 409 g/mol. The lowest BCUT2D eigenvalue weighted by Gasteiger charge is -2.21. The molecule has 0 saturated carbocycles. The number of fused-ring (bicyclic) bond motifs is 2. The molecule has 2 aromatic heterocycles. The normalized spacial score (nSPS) is 17.6. The lowest BCUT2D eigenvalue weighted by Crippen LogP contribution is -2.39. The first-order chi connectivity index (χ1) is 14.7. The molecule has 0 radical (unpaired) electrons. The third kappa shape index (κ3) is 3.59. The van der Waals surface area contributed by atoms with Crippen molar-refractivity contribution in [1.29, 1.82) is 0 Å². The number of aromatic amines is 1. The van der Waals surface area contributed by atoms with Gasteiger partial charge in [0.25, 0.3) is 0 Å². The highest BCUT2D eigenvalue weighted by molar-refractivity contribution is 5.78. The maximum absolute atomic E-state index is 12.9. The molecule has 0 spiro atoms. The second-order valence-electron chi connectivity index (χ2n) is 8.12. The highest BCUT2D eigenvalue weighted by Crippen LogP contribution is 2.18. The number of amides is 1. The van der Waals surface area contributed by atoms with Gasteiger partial charge in [0, 0.05) is 39.1 Å². The summed E-state index contributed by atoms with van der Waals surface area (Å²) in [6, 6.07) is 7.98. The number of rotatable bonds is 3. The smallest absolute Gasteiger partial charge is 0.341 e. The number of carbonyl (C=O) groups excluding carboxylic acids is 1. The highest BCUT2D eigenvalue weighted by Gasteiger charge is 2.23. The van der Waals surface area contributed by atoms with Gasteiger partial charge in [0.05, 0.1) is 11.0 Å². The molecule has 1 amide bonds. The van der Waals surface area contributed by atoms with Gasteiger partial charge in [-0.15, -0.1) is 0 Å². The van der Waals surface area contributed by atoms with Crippen LogP contribution in [0.1, 0.15) is 31.5 Å². The summed E-state index contributed by atoms with van der Waals surface area (Å²) in [5, 5.41) is 4.45. The number of anilines is 1. The Morgan fingerprint density at radius 2 is 1.90 bits per heavy atom. The first-order valence-electron chi connectivity index (χ1n) is 10.8. The van der Waals surface area contributed by atoms with E-state index >= 15 is 0 Å². The van der Waals surface area contributed by atoms with Gasteiger partial charge in [-0.2, -0.15) is 5.10 Å². The van der Waals surface area contributed by atoms with E-state index < -0.39 is 0 Å². The number of H-pyrrole nitrogens is 1. The maximum atomic E-state index is 12.9. The first-order valence-corrected chi connectivity index (χ1v) is 10.8. The van der Waals surface area contributed by atoms with E-state index in [0.717, 1.165) is 61.5 Å². The molecule has 0 aliphatic carbocycles. The molecule has 30 heavy (non-hydrogen) atoms. The molecule has 2 aliphatic rings. The van der Waals surface area contributed by atoms with E-state index in [9.17, 15) is 9.59 Å². The van der Waals surface area contributed by atoms with Crippen LogP contribution < -0.4 is 10.6 Å². The van der Waals surface area contributed by atoms with Crippen molar-refractivity contribution in [2.24, 2.45) is 0 Å². The Labute approximate surface area is 174 Å². The Bertz CT molecular complexity index is 1080. The van der Waals surface area contributed by atoms with Crippen LogP contribution in [0.2, 0.25) is 0 Å². The highest BCUT2D eigenvalue weighted by atomic mass is 16.2. The SMILES string of the molecule is O=C(Cn1nc2n(c1=O)CCCCC2)N1CCCN(c2nc3ccccc3[nH]2)CC1. The van der Waals surface area contributed by atoms with E-state index in [1.54, 1.807) is 4.57 Å². The average molecular weight is 409 g/mol. The topological polar surface area (TPSA) is 92.1 Å². The molecular weight excluding hydrogens is 382 g/mol. The Morgan fingerprint density at radius 3 is 2.80 bits per heavy atom. The molecule has 1 N–H and O–H groups in total. The van der Waals surface area contributed by atoms with Gasteiger partial charge >= 0.3 is 5.69 Å². The quantitative estimate of drug-likeness (QED) is 0.706. The summed E-state index contributed by atoms with van der Waals surface area (Å²) < 4.78 is 3.09. The number of benzene rings is 1. The van der Waals surface area contributed by atoms with Gasteiger partial charge in [0.2, 0.25) is 11.9 Å². The van der Waals surface area contributed by atoms with E-state index in [1.165, 1.54) is 4.68 Å². The predicted octanol–water partition coefficient (Wildman–Crippen LogP) is 1.39. The van der Waals surface area contributed by atoms with Gasteiger partial charge in [-0.3, -0.25) is 9.36 Å². The Kier molecular flexibility index (Phi) is 5.02. The maximum Gasteiger partial charge on any atom is 0.346 e. The second kappa shape index (κ2) is 7.97. The van der Waals surface area contributed by atoms with Gasteiger partial charge in [-0.25, -0.2) is 14.5 Å². The summed E-state index contributed by atoms with van der Waals surface area (Å²) in [6.45, 7) is 3.56. The zero-order chi connectivity index (χ0) is 20.5. The van der Waals surface area contributed by atoms with Gasteiger partial charge in [-0.1, -0.05) is 18.6 Å². The summed E-state index contributed by atoms with van der Waals surface area (Å²) in [5.74, 6) is 1.62. The first kappa shape index (κ1) is 18.9. The molecule has 5 rings (SSSR count). The van der Waals surface area contributed by atoms with Crippen molar-refractivity contribution in [3.63, 3.8) is 0 Å². The molecule has 4 heterocycles. The van der Waals surface area contributed by atoms with Gasteiger partial charge in [0.15, 0.2) is 0 Å². The Hall–Kier alpha value is -3.10. The number of carbonyl (C=O) groups is 1. The van der Waals surface area contributed by atoms with Crippen molar-refractivity contribution < 1.29 is 4.79 Å². The van der Waals surface area contributed by atoms with Crippen LogP contribution in [-0.2, 0) is 24.3 Å². The summed E-state index contributed by atoms with van der Waals surface area (Å²) in [6.07, 6.45) is 4.84. The number of nitrogens with one attached hydrogen (secondary N) is 1. The molecule has 0 unspecified atom stereocenters. The van der Waals surface area contributed by atoms with Crippen LogP contribution in [0.4, 0.5) is 5.95 Å². The fourth-order valence-corrected chi connectivity index (χ4v) is 4.42. The zero-order valence-electron chi connectivity index (χ0n) is 17.1. The molecule has 0 bridgehead atoms. The van der Waals surface area contributed by atoms with Crippen molar-refractivity contribution in [2.45, 2.75) is 45.2 Å². The van der Waals surface area contributed by atoms with Gasteiger partial charge < -0.3 is 14.8 Å². The molecule has 1 saturated heterocycles. The average Bonchev–Trinajstić information content (AvgIpc) is 3.06. The third-order valence-electron chi connectivity index (χ3n) is 6.09. The van der Waals surface area contributed by atoms with Crippen LogP contribution in [-0.4, -0.2) is 61.3 Å². The molecular formula is C21H27N7O2. The van der Waals surface area contributed by atoms with Crippen molar-refractivity contribution in [2.75, 3.05) is 31.1 Å². The molecule has 3 aromatic rings. The summed E-state index contributed by atoms with van der Waals surface area (Å²) in [7, 11) is 0.